The van der Waals surface area contributed by atoms with Gasteiger partial charge in [-0.1, -0.05) is 60.2 Å². The fourth-order valence-corrected chi connectivity index (χ4v) is 5.48. The summed E-state index contributed by atoms with van der Waals surface area (Å²) in [7, 11) is -3.60. The number of aromatic nitrogens is 1. The van der Waals surface area contributed by atoms with Crippen LogP contribution >= 0.6 is 0 Å². The lowest BCUT2D eigenvalue weighted by Gasteiger charge is -2.10. The number of carbonyl (C=O) groups excluding carboxylic acids is 1. The lowest BCUT2D eigenvalue weighted by Crippen LogP contribution is -2.19. The van der Waals surface area contributed by atoms with Gasteiger partial charge < -0.3 is 9.88 Å². The van der Waals surface area contributed by atoms with E-state index in [0.29, 0.717) is 10.9 Å². The number of hydrogen-bond acceptors (Lipinski definition) is 3. The molecule has 164 valence electrons. The van der Waals surface area contributed by atoms with Gasteiger partial charge in [-0.25, -0.2) is 8.42 Å². The molecule has 32 heavy (non-hydrogen) atoms. The van der Waals surface area contributed by atoms with Crippen LogP contribution in [0.3, 0.4) is 0 Å². The molecule has 0 saturated carbocycles. The molecular weight excluding hydrogens is 420 g/mol. The predicted molar refractivity (Wildman–Crippen MR) is 129 cm³/mol. The quantitative estimate of drug-likeness (QED) is 0.444. The van der Waals surface area contributed by atoms with Crippen molar-refractivity contribution in [1.82, 2.24) is 4.57 Å². The average Bonchev–Trinajstić information content (AvgIpc) is 3.10. The zero-order chi connectivity index (χ0) is 22.9. The van der Waals surface area contributed by atoms with Gasteiger partial charge >= 0.3 is 0 Å². The predicted octanol–water partition coefficient (Wildman–Crippen LogP) is 5.18. The van der Waals surface area contributed by atoms with Gasteiger partial charge in [-0.3, -0.25) is 4.79 Å². The molecule has 0 fully saturated rings. The molecule has 0 saturated heterocycles. The molecule has 3 aromatic carbocycles. The summed E-state index contributed by atoms with van der Waals surface area (Å²) >= 11 is 0. The maximum atomic E-state index is 13.3. The van der Waals surface area contributed by atoms with Gasteiger partial charge in [0.2, 0.25) is 5.91 Å². The molecule has 0 aliphatic carbocycles. The van der Waals surface area contributed by atoms with Gasteiger partial charge in [-0.2, -0.15) is 0 Å². The van der Waals surface area contributed by atoms with E-state index >= 15 is 0 Å². The van der Waals surface area contributed by atoms with Crippen molar-refractivity contribution >= 4 is 32.3 Å². The Morgan fingerprint density at radius 1 is 0.906 bits per heavy atom. The highest BCUT2D eigenvalue weighted by atomic mass is 32.2. The van der Waals surface area contributed by atoms with Crippen LogP contribution in [0.2, 0.25) is 0 Å². The molecule has 5 nitrogen and oxygen atoms in total. The molecule has 4 aromatic rings. The zero-order valence-corrected chi connectivity index (χ0v) is 19.2. The van der Waals surface area contributed by atoms with Gasteiger partial charge in [0.1, 0.15) is 6.54 Å². The third-order valence-electron chi connectivity index (χ3n) is 5.51. The molecule has 1 N–H and O–H groups in total. The van der Waals surface area contributed by atoms with Crippen molar-refractivity contribution in [2.75, 3.05) is 5.32 Å². The number of anilines is 1. The van der Waals surface area contributed by atoms with E-state index in [4.69, 9.17) is 0 Å². The minimum Gasteiger partial charge on any atom is -0.337 e. The van der Waals surface area contributed by atoms with Crippen molar-refractivity contribution in [3.8, 4) is 0 Å². The highest BCUT2D eigenvalue weighted by Gasteiger charge is 2.22. The molecule has 0 spiro atoms. The number of sulfone groups is 1. The van der Waals surface area contributed by atoms with E-state index in [9.17, 15) is 13.2 Å². The summed E-state index contributed by atoms with van der Waals surface area (Å²) in [5.74, 6) is -0.292. The summed E-state index contributed by atoms with van der Waals surface area (Å²) in [6.45, 7) is 5.88. The van der Waals surface area contributed by atoms with Gasteiger partial charge in [-0.15, -0.1) is 0 Å². The standard InChI is InChI=1S/C26H26N2O3S/c1-18-7-6-8-21(13-18)17-32(30,31)25-15-28(24-10-5-4-9-22(24)25)16-26(29)27-23-14-19(2)11-12-20(23)3/h4-15H,16-17H2,1-3H3,(H,27,29). The first-order chi connectivity index (χ1) is 15.2. The highest BCUT2D eigenvalue weighted by molar-refractivity contribution is 7.90. The minimum atomic E-state index is -3.60. The Morgan fingerprint density at radius 2 is 1.66 bits per heavy atom. The van der Waals surface area contributed by atoms with E-state index in [1.165, 1.54) is 0 Å². The van der Waals surface area contributed by atoms with Crippen LogP contribution in [0, 0.1) is 20.8 Å². The zero-order valence-electron chi connectivity index (χ0n) is 18.4. The molecule has 0 unspecified atom stereocenters. The largest absolute Gasteiger partial charge is 0.337 e. The Hall–Kier alpha value is -3.38. The third kappa shape index (κ3) is 4.60. The first-order valence-corrected chi connectivity index (χ1v) is 12.1. The number of hydrogen-bond donors (Lipinski definition) is 1. The molecule has 1 amide bonds. The van der Waals surface area contributed by atoms with E-state index < -0.39 is 9.84 Å². The maximum absolute atomic E-state index is 13.3. The molecule has 0 aliphatic heterocycles. The normalized spacial score (nSPS) is 11.6. The smallest absolute Gasteiger partial charge is 0.244 e. The second-order valence-electron chi connectivity index (χ2n) is 8.25. The Labute approximate surface area is 188 Å². The number of amides is 1. The van der Waals surface area contributed by atoms with E-state index in [0.717, 1.165) is 27.9 Å². The van der Waals surface area contributed by atoms with Crippen LogP contribution in [0.4, 0.5) is 5.69 Å². The van der Waals surface area contributed by atoms with Crippen molar-refractivity contribution in [2.24, 2.45) is 0 Å². The summed E-state index contributed by atoms with van der Waals surface area (Å²) in [6.07, 6.45) is 1.58. The van der Waals surface area contributed by atoms with Crippen LogP contribution in [0.5, 0.6) is 0 Å². The van der Waals surface area contributed by atoms with Gasteiger partial charge in [0.15, 0.2) is 9.84 Å². The maximum Gasteiger partial charge on any atom is 0.244 e. The third-order valence-corrected chi connectivity index (χ3v) is 7.22. The van der Waals surface area contributed by atoms with Crippen LogP contribution in [-0.4, -0.2) is 18.9 Å². The molecule has 1 heterocycles. The monoisotopic (exact) mass is 446 g/mol. The molecule has 0 bridgehead atoms. The van der Waals surface area contributed by atoms with Crippen molar-refractivity contribution in [2.45, 2.75) is 38.0 Å². The van der Waals surface area contributed by atoms with Crippen LogP contribution in [0.15, 0.2) is 77.8 Å². The number of nitrogens with zero attached hydrogens (tertiary/aromatic N) is 1. The van der Waals surface area contributed by atoms with Crippen molar-refractivity contribution in [1.29, 1.82) is 0 Å². The van der Waals surface area contributed by atoms with Crippen molar-refractivity contribution in [3.05, 3.63) is 95.2 Å². The van der Waals surface area contributed by atoms with Crippen molar-refractivity contribution < 1.29 is 13.2 Å². The molecular formula is C26H26N2O3S. The van der Waals surface area contributed by atoms with Gasteiger partial charge in [0, 0.05) is 22.8 Å². The van der Waals surface area contributed by atoms with E-state index in [2.05, 4.69) is 5.32 Å². The fraction of sp³-hybridized carbons (Fsp3) is 0.192. The van der Waals surface area contributed by atoms with Crippen LogP contribution in [0.25, 0.3) is 10.9 Å². The first kappa shape index (κ1) is 21.8. The second kappa shape index (κ2) is 8.63. The number of nitrogens with one attached hydrogen (secondary N) is 1. The van der Waals surface area contributed by atoms with Gasteiger partial charge in [0.25, 0.3) is 0 Å². The number of fused-ring (bicyclic) bond motifs is 1. The van der Waals surface area contributed by atoms with E-state index in [-0.39, 0.29) is 23.1 Å². The number of rotatable bonds is 6. The highest BCUT2D eigenvalue weighted by Crippen LogP contribution is 2.28. The van der Waals surface area contributed by atoms with Crippen LogP contribution in [0.1, 0.15) is 22.3 Å². The minimum absolute atomic E-state index is 0.0217. The molecule has 0 aliphatic rings. The average molecular weight is 447 g/mol. The molecule has 0 radical (unpaired) electrons. The lowest BCUT2D eigenvalue weighted by molar-refractivity contribution is -0.116. The fourth-order valence-electron chi connectivity index (χ4n) is 3.91. The molecule has 4 rings (SSSR count). The van der Waals surface area contributed by atoms with Crippen LogP contribution < -0.4 is 5.32 Å². The number of carbonyl (C=O) groups is 1. The Bertz CT molecular complexity index is 1420. The Kier molecular flexibility index (Phi) is 5.89. The number of para-hydroxylation sites is 1. The van der Waals surface area contributed by atoms with Crippen LogP contribution in [-0.2, 0) is 26.9 Å². The van der Waals surface area contributed by atoms with Gasteiger partial charge in [0.05, 0.1) is 10.6 Å². The Morgan fingerprint density at radius 3 is 2.44 bits per heavy atom. The number of aryl methyl sites for hydroxylation is 3. The topological polar surface area (TPSA) is 68.2 Å². The second-order valence-corrected chi connectivity index (χ2v) is 10.2. The first-order valence-electron chi connectivity index (χ1n) is 10.5. The summed E-state index contributed by atoms with van der Waals surface area (Å²) < 4.78 is 28.3. The van der Waals surface area contributed by atoms with Gasteiger partial charge in [-0.05, 0) is 49.6 Å². The molecule has 1 aromatic heterocycles. The van der Waals surface area contributed by atoms with E-state index in [1.54, 1.807) is 16.8 Å². The summed E-state index contributed by atoms with van der Waals surface area (Å²) in [5, 5.41) is 3.57. The number of benzene rings is 3. The molecule has 6 heteroatoms. The summed E-state index contributed by atoms with van der Waals surface area (Å²) in [6, 6.07) is 20.7. The summed E-state index contributed by atoms with van der Waals surface area (Å²) in [5.41, 5.74) is 5.27. The SMILES string of the molecule is Cc1cccc(CS(=O)(=O)c2cn(CC(=O)Nc3cc(C)ccc3C)c3ccccc23)c1. The van der Waals surface area contributed by atoms with Crippen molar-refractivity contribution in [3.63, 3.8) is 0 Å². The Balaban J connectivity index is 1.65. The lowest BCUT2D eigenvalue weighted by atomic mass is 10.1. The molecule has 0 atom stereocenters. The summed E-state index contributed by atoms with van der Waals surface area (Å²) in [4.78, 5) is 13.0. The van der Waals surface area contributed by atoms with E-state index in [1.807, 2.05) is 81.4 Å².